The van der Waals surface area contributed by atoms with Gasteiger partial charge >= 0.3 is 0 Å². The highest BCUT2D eigenvalue weighted by molar-refractivity contribution is 6.43. The molecule has 4 nitrogen and oxygen atoms in total. The average Bonchev–Trinajstić information content (AvgIpc) is 2.42. The Kier molecular flexibility index (Phi) is 5.04. The van der Waals surface area contributed by atoms with Gasteiger partial charge in [-0.05, 0) is 18.1 Å². The van der Waals surface area contributed by atoms with E-state index in [-0.39, 0.29) is 0 Å². The van der Waals surface area contributed by atoms with Crippen molar-refractivity contribution in [2.75, 3.05) is 17.2 Å². The molecule has 20 heavy (non-hydrogen) atoms. The van der Waals surface area contributed by atoms with Crippen LogP contribution in [0.2, 0.25) is 10.0 Å². The molecule has 1 aromatic heterocycles. The molecule has 2 rings (SSSR count). The van der Waals surface area contributed by atoms with Crippen LogP contribution in [0.1, 0.15) is 13.8 Å². The molecule has 2 N–H and O–H groups in total. The maximum Gasteiger partial charge on any atom is 0.135 e. The van der Waals surface area contributed by atoms with Gasteiger partial charge in [0.15, 0.2) is 0 Å². The van der Waals surface area contributed by atoms with Gasteiger partial charge in [-0.2, -0.15) is 0 Å². The minimum atomic E-state index is 0.476. The first-order valence-corrected chi connectivity index (χ1v) is 7.09. The lowest BCUT2D eigenvalue weighted by Gasteiger charge is -2.11. The molecule has 106 valence electrons. The van der Waals surface area contributed by atoms with Crippen molar-refractivity contribution >= 4 is 40.5 Å². The zero-order valence-electron chi connectivity index (χ0n) is 11.3. The summed E-state index contributed by atoms with van der Waals surface area (Å²) in [5.41, 5.74) is 0.715. The van der Waals surface area contributed by atoms with Crippen molar-refractivity contribution in [3.8, 4) is 0 Å². The van der Waals surface area contributed by atoms with E-state index in [1.165, 1.54) is 6.33 Å². The summed E-state index contributed by atoms with van der Waals surface area (Å²) in [5, 5.41) is 7.36. The molecule has 0 unspecified atom stereocenters. The maximum atomic E-state index is 6.13. The number of anilines is 3. The van der Waals surface area contributed by atoms with Crippen molar-refractivity contribution < 1.29 is 0 Å². The average molecular weight is 311 g/mol. The summed E-state index contributed by atoms with van der Waals surface area (Å²) in [6.45, 7) is 5.13. The Hall–Kier alpha value is -1.52. The predicted molar refractivity (Wildman–Crippen MR) is 85.1 cm³/mol. The normalized spacial score (nSPS) is 10.7. The van der Waals surface area contributed by atoms with Crippen LogP contribution in [-0.2, 0) is 0 Å². The van der Waals surface area contributed by atoms with E-state index in [0.717, 1.165) is 12.4 Å². The van der Waals surface area contributed by atoms with E-state index in [1.807, 2.05) is 18.2 Å². The fourth-order valence-electron chi connectivity index (χ4n) is 1.57. The van der Waals surface area contributed by atoms with Crippen LogP contribution in [0.4, 0.5) is 17.3 Å². The van der Waals surface area contributed by atoms with Crippen LogP contribution in [0.5, 0.6) is 0 Å². The standard InChI is InChI=1S/C14H16Cl2N4/c1-9(2)7-17-12-6-13(19-8-18-12)20-11-5-3-4-10(15)14(11)16/h3-6,8-9H,7H2,1-2H3,(H2,17,18,19,20). The van der Waals surface area contributed by atoms with Crippen molar-refractivity contribution in [1.29, 1.82) is 0 Å². The van der Waals surface area contributed by atoms with E-state index in [1.54, 1.807) is 6.07 Å². The van der Waals surface area contributed by atoms with Gasteiger partial charge in [0.05, 0.1) is 15.7 Å². The molecule has 0 atom stereocenters. The Labute approximate surface area is 128 Å². The second kappa shape index (κ2) is 6.77. The molecule has 0 bridgehead atoms. The predicted octanol–water partition coefficient (Wildman–Crippen LogP) is 4.59. The molecular weight excluding hydrogens is 295 g/mol. The molecule has 0 aliphatic rings. The van der Waals surface area contributed by atoms with Gasteiger partial charge in [-0.1, -0.05) is 43.1 Å². The molecule has 0 aliphatic carbocycles. The third-order valence-corrected chi connectivity index (χ3v) is 3.39. The highest BCUT2D eigenvalue weighted by Gasteiger charge is 2.06. The first kappa shape index (κ1) is 14.9. The minimum absolute atomic E-state index is 0.476. The number of halogens is 2. The van der Waals surface area contributed by atoms with Gasteiger partial charge in [-0.25, -0.2) is 9.97 Å². The van der Waals surface area contributed by atoms with Crippen molar-refractivity contribution in [2.24, 2.45) is 5.92 Å². The summed E-state index contributed by atoms with van der Waals surface area (Å²) in [5.74, 6) is 1.98. The van der Waals surface area contributed by atoms with Gasteiger partial charge in [-0.3, -0.25) is 0 Å². The van der Waals surface area contributed by atoms with E-state index in [9.17, 15) is 0 Å². The molecule has 0 fully saturated rings. The first-order valence-electron chi connectivity index (χ1n) is 6.33. The summed E-state index contributed by atoms with van der Waals surface area (Å²) in [6.07, 6.45) is 1.50. The largest absolute Gasteiger partial charge is 0.370 e. The van der Waals surface area contributed by atoms with Crippen LogP contribution in [-0.4, -0.2) is 16.5 Å². The van der Waals surface area contributed by atoms with Crippen LogP contribution in [0.25, 0.3) is 0 Å². The SMILES string of the molecule is CC(C)CNc1cc(Nc2cccc(Cl)c2Cl)ncn1. The number of rotatable bonds is 5. The van der Waals surface area contributed by atoms with Crippen LogP contribution in [0.15, 0.2) is 30.6 Å². The Balaban J connectivity index is 2.13. The van der Waals surface area contributed by atoms with Crippen molar-refractivity contribution in [3.05, 3.63) is 40.6 Å². The second-order valence-electron chi connectivity index (χ2n) is 4.79. The number of nitrogens with one attached hydrogen (secondary N) is 2. The number of nitrogens with zero attached hydrogens (tertiary/aromatic N) is 2. The number of hydrogen-bond donors (Lipinski definition) is 2. The number of hydrogen-bond acceptors (Lipinski definition) is 4. The van der Waals surface area contributed by atoms with Gasteiger partial charge < -0.3 is 10.6 Å². The molecule has 2 aromatic rings. The Morgan fingerprint density at radius 1 is 1.15 bits per heavy atom. The summed E-state index contributed by atoms with van der Waals surface area (Å²) in [7, 11) is 0. The van der Waals surface area contributed by atoms with Crippen molar-refractivity contribution in [3.63, 3.8) is 0 Å². The third kappa shape index (κ3) is 3.99. The van der Waals surface area contributed by atoms with E-state index in [2.05, 4.69) is 34.4 Å². The Morgan fingerprint density at radius 2 is 1.90 bits per heavy atom. The summed E-state index contributed by atoms with van der Waals surface area (Å²) in [4.78, 5) is 8.34. The van der Waals surface area contributed by atoms with Gasteiger partial charge in [0.25, 0.3) is 0 Å². The van der Waals surface area contributed by atoms with Crippen LogP contribution >= 0.6 is 23.2 Å². The zero-order valence-corrected chi connectivity index (χ0v) is 12.8. The second-order valence-corrected chi connectivity index (χ2v) is 5.57. The third-order valence-electron chi connectivity index (χ3n) is 2.57. The molecule has 0 amide bonds. The molecular formula is C14H16Cl2N4. The quantitative estimate of drug-likeness (QED) is 0.847. The smallest absolute Gasteiger partial charge is 0.135 e. The molecule has 0 radical (unpaired) electrons. The summed E-state index contributed by atoms with van der Waals surface area (Å²) >= 11 is 12.1. The first-order chi connectivity index (χ1) is 9.56. The monoisotopic (exact) mass is 310 g/mol. The highest BCUT2D eigenvalue weighted by atomic mass is 35.5. The van der Waals surface area contributed by atoms with Gasteiger partial charge in [0, 0.05) is 12.6 Å². The minimum Gasteiger partial charge on any atom is -0.370 e. The van der Waals surface area contributed by atoms with Crippen LogP contribution in [0.3, 0.4) is 0 Å². The molecule has 0 saturated carbocycles. The lowest BCUT2D eigenvalue weighted by molar-refractivity contribution is 0.687. The maximum absolute atomic E-state index is 6.13. The fourth-order valence-corrected chi connectivity index (χ4v) is 1.92. The molecule has 1 heterocycles. The molecule has 1 aromatic carbocycles. The molecule has 6 heteroatoms. The van der Waals surface area contributed by atoms with Crippen LogP contribution in [0, 0.1) is 5.92 Å². The van der Waals surface area contributed by atoms with Gasteiger partial charge in [-0.15, -0.1) is 0 Å². The molecule has 0 spiro atoms. The zero-order chi connectivity index (χ0) is 14.5. The fraction of sp³-hybridized carbons (Fsp3) is 0.286. The van der Waals surface area contributed by atoms with E-state index < -0.39 is 0 Å². The highest BCUT2D eigenvalue weighted by Crippen LogP contribution is 2.31. The van der Waals surface area contributed by atoms with E-state index in [0.29, 0.717) is 27.5 Å². The van der Waals surface area contributed by atoms with Crippen molar-refractivity contribution in [2.45, 2.75) is 13.8 Å². The lowest BCUT2D eigenvalue weighted by atomic mass is 10.2. The molecule has 0 aliphatic heterocycles. The summed E-state index contributed by atoms with van der Waals surface area (Å²) < 4.78 is 0. The Morgan fingerprint density at radius 3 is 2.65 bits per heavy atom. The van der Waals surface area contributed by atoms with Crippen LogP contribution < -0.4 is 10.6 Å². The lowest BCUT2D eigenvalue weighted by Crippen LogP contribution is -2.09. The number of benzene rings is 1. The topological polar surface area (TPSA) is 49.8 Å². The van der Waals surface area contributed by atoms with E-state index >= 15 is 0 Å². The van der Waals surface area contributed by atoms with Gasteiger partial charge in [0.1, 0.15) is 18.0 Å². The van der Waals surface area contributed by atoms with Crippen molar-refractivity contribution in [1.82, 2.24) is 9.97 Å². The summed E-state index contributed by atoms with van der Waals surface area (Å²) in [6, 6.07) is 7.25. The van der Waals surface area contributed by atoms with Gasteiger partial charge in [0.2, 0.25) is 0 Å². The Bertz CT molecular complexity index is 587. The van der Waals surface area contributed by atoms with E-state index in [4.69, 9.17) is 23.2 Å². The number of aromatic nitrogens is 2. The molecule has 0 saturated heterocycles.